The Morgan fingerprint density at radius 1 is 1.36 bits per heavy atom. The van der Waals surface area contributed by atoms with Gasteiger partial charge in [-0.05, 0) is 25.5 Å². The molecule has 1 aliphatic heterocycles. The van der Waals surface area contributed by atoms with Crippen molar-refractivity contribution >= 4 is 22.4 Å². The molecule has 0 saturated carbocycles. The van der Waals surface area contributed by atoms with E-state index in [-0.39, 0.29) is 18.4 Å². The largest absolute Gasteiger partial charge is 0.494 e. The highest BCUT2D eigenvalue weighted by Crippen LogP contribution is 2.24. The summed E-state index contributed by atoms with van der Waals surface area (Å²) >= 11 is 0. The van der Waals surface area contributed by atoms with E-state index in [1.807, 2.05) is 6.92 Å². The lowest BCUT2D eigenvalue weighted by atomic mass is 10.1. The third-order valence-electron chi connectivity index (χ3n) is 3.64. The van der Waals surface area contributed by atoms with Crippen molar-refractivity contribution in [2.75, 3.05) is 26.2 Å². The van der Waals surface area contributed by atoms with E-state index in [4.69, 9.17) is 4.74 Å². The van der Waals surface area contributed by atoms with Crippen molar-refractivity contribution in [2.45, 2.75) is 37.6 Å². The third-order valence-corrected chi connectivity index (χ3v) is 5.59. The van der Waals surface area contributed by atoms with Crippen LogP contribution < -0.4 is 10.1 Å². The van der Waals surface area contributed by atoms with Crippen molar-refractivity contribution in [3.05, 3.63) is 24.3 Å². The molecule has 1 aromatic carbocycles. The zero-order valence-electron chi connectivity index (χ0n) is 13.1. The average molecular weight is 349 g/mol. The summed E-state index contributed by atoms with van der Waals surface area (Å²) in [4.78, 5) is 0.316. The van der Waals surface area contributed by atoms with Gasteiger partial charge in [-0.25, -0.2) is 8.42 Å². The molecular formula is C15H25ClN2O3S. The molecule has 1 unspecified atom stereocenters. The summed E-state index contributed by atoms with van der Waals surface area (Å²) in [7, 11) is -3.46. The van der Waals surface area contributed by atoms with Crippen LogP contribution in [-0.2, 0) is 10.0 Å². The van der Waals surface area contributed by atoms with Crippen LogP contribution in [-0.4, -0.2) is 45.0 Å². The fourth-order valence-electron chi connectivity index (χ4n) is 2.66. The number of nitrogens with zero attached hydrogens (tertiary/aromatic N) is 1. The number of rotatable bonds is 6. The van der Waals surface area contributed by atoms with E-state index in [9.17, 15) is 8.42 Å². The molecule has 1 heterocycles. The minimum Gasteiger partial charge on any atom is -0.494 e. The van der Waals surface area contributed by atoms with E-state index < -0.39 is 10.0 Å². The Bertz CT molecular complexity index is 564. The number of hydrogen-bond acceptors (Lipinski definition) is 4. The second kappa shape index (κ2) is 8.72. The fourth-order valence-corrected chi connectivity index (χ4v) is 4.36. The number of hydrogen-bond donors (Lipinski definition) is 1. The fraction of sp³-hybridized carbons (Fsp3) is 0.600. The molecule has 7 heteroatoms. The van der Waals surface area contributed by atoms with Crippen LogP contribution in [0.25, 0.3) is 0 Å². The van der Waals surface area contributed by atoms with Gasteiger partial charge in [0.2, 0.25) is 10.0 Å². The molecule has 1 aliphatic rings. The minimum absolute atomic E-state index is 0. The van der Waals surface area contributed by atoms with Crippen molar-refractivity contribution in [3.8, 4) is 5.75 Å². The lowest BCUT2D eigenvalue weighted by Crippen LogP contribution is -2.53. The van der Waals surface area contributed by atoms with Crippen molar-refractivity contribution in [1.29, 1.82) is 0 Å². The van der Waals surface area contributed by atoms with Crippen molar-refractivity contribution < 1.29 is 13.2 Å². The van der Waals surface area contributed by atoms with Crippen LogP contribution in [0.4, 0.5) is 0 Å². The first-order chi connectivity index (χ1) is 10.1. The molecule has 1 aromatic rings. The molecule has 0 aliphatic carbocycles. The van der Waals surface area contributed by atoms with Crippen molar-refractivity contribution in [2.24, 2.45) is 0 Å². The molecule has 1 saturated heterocycles. The average Bonchev–Trinajstić information content (AvgIpc) is 2.49. The lowest BCUT2D eigenvalue weighted by Gasteiger charge is -2.35. The Kier molecular flexibility index (Phi) is 7.62. The number of ether oxygens (including phenoxy) is 1. The highest BCUT2D eigenvalue weighted by atomic mass is 35.5. The molecule has 126 valence electrons. The monoisotopic (exact) mass is 348 g/mol. The molecule has 0 radical (unpaired) electrons. The van der Waals surface area contributed by atoms with Crippen LogP contribution in [0.3, 0.4) is 0 Å². The second-order valence-electron chi connectivity index (χ2n) is 5.17. The van der Waals surface area contributed by atoms with Crippen LogP contribution in [0.5, 0.6) is 5.75 Å². The topological polar surface area (TPSA) is 58.6 Å². The van der Waals surface area contributed by atoms with E-state index in [2.05, 4.69) is 12.2 Å². The Balaban J connectivity index is 0.00000242. The summed E-state index contributed by atoms with van der Waals surface area (Å²) in [6.45, 7) is 6.42. The molecule has 1 fully saturated rings. The normalized spacial score (nSPS) is 19.5. The smallest absolute Gasteiger partial charge is 0.243 e. The first kappa shape index (κ1) is 19.2. The second-order valence-corrected chi connectivity index (χ2v) is 7.06. The van der Waals surface area contributed by atoms with Gasteiger partial charge in [0.05, 0.1) is 11.5 Å². The molecule has 0 aromatic heterocycles. The molecule has 0 spiro atoms. The lowest BCUT2D eigenvalue weighted by molar-refractivity contribution is 0.254. The van der Waals surface area contributed by atoms with E-state index in [1.165, 1.54) is 0 Å². The Morgan fingerprint density at radius 3 is 2.82 bits per heavy atom. The first-order valence-corrected chi connectivity index (χ1v) is 8.99. The number of sulfonamides is 1. The number of nitrogens with one attached hydrogen (secondary N) is 1. The molecule has 0 amide bonds. The van der Waals surface area contributed by atoms with Gasteiger partial charge in [-0.1, -0.05) is 19.4 Å². The number of halogens is 1. The summed E-state index contributed by atoms with van der Waals surface area (Å²) in [6.07, 6.45) is 1.84. The summed E-state index contributed by atoms with van der Waals surface area (Å²) in [5, 5.41) is 3.27. The van der Waals surface area contributed by atoms with Gasteiger partial charge < -0.3 is 10.1 Å². The van der Waals surface area contributed by atoms with Gasteiger partial charge in [0.1, 0.15) is 5.75 Å². The Hall–Kier alpha value is -0.820. The quantitative estimate of drug-likeness (QED) is 0.856. The molecule has 1 N–H and O–H groups in total. The van der Waals surface area contributed by atoms with Gasteiger partial charge in [0.15, 0.2) is 0 Å². The highest BCUT2D eigenvalue weighted by molar-refractivity contribution is 7.89. The summed E-state index contributed by atoms with van der Waals surface area (Å²) in [5.74, 6) is 0.598. The zero-order valence-corrected chi connectivity index (χ0v) is 14.8. The van der Waals surface area contributed by atoms with Crippen LogP contribution >= 0.6 is 12.4 Å². The van der Waals surface area contributed by atoms with Crippen LogP contribution in [0.1, 0.15) is 26.7 Å². The van der Waals surface area contributed by atoms with E-state index in [0.29, 0.717) is 30.3 Å². The van der Waals surface area contributed by atoms with Crippen molar-refractivity contribution in [3.63, 3.8) is 0 Å². The van der Waals surface area contributed by atoms with Crippen LogP contribution in [0.2, 0.25) is 0 Å². The molecule has 22 heavy (non-hydrogen) atoms. The zero-order chi connectivity index (χ0) is 15.3. The van der Waals surface area contributed by atoms with Gasteiger partial charge in [-0.15, -0.1) is 12.4 Å². The third kappa shape index (κ3) is 4.35. The van der Waals surface area contributed by atoms with Crippen molar-refractivity contribution in [1.82, 2.24) is 9.62 Å². The van der Waals surface area contributed by atoms with Gasteiger partial charge >= 0.3 is 0 Å². The highest BCUT2D eigenvalue weighted by Gasteiger charge is 2.32. The predicted molar refractivity (Wildman–Crippen MR) is 90.3 cm³/mol. The Labute approximate surface area is 139 Å². The van der Waals surface area contributed by atoms with Crippen LogP contribution in [0, 0.1) is 0 Å². The van der Waals surface area contributed by atoms with E-state index in [0.717, 1.165) is 19.4 Å². The van der Waals surface area contributed by atoms with Gasteiger partial charge in [-0.2, -0.15) is 4.31 Å². The van der Waals surface area contributed by atoms with Crippen LogP contribution in [0.15, 0.2) is 29.2 Å². The predicted octanol–water partition coefficient (Wildman–Crippen LogP) is 2.27. The molecular weight excluding hydrogens is 324 g/mol. The number of benzene rings is 1. The summed E-state index contributed by atoms with van der Waals surface area (Å²) in [5.41, 5.74) is 0. The Morgan fingerprint density at radius 2 is 2.14 bits per heavy atom. The summed E-state index contributed by atoms with van der Waals surface area (Å²) < 4.78 is 32.8. The molecule has 2 rings (SSSR count). The maximum atomic E-state index is 12.9. The number of piperazine rings is 1. The van der Waals surface area contributed by atoms with E-state index >= 15 is 0 Å². The van der Waals surface area contributed by atoms with E-state index in [1.54, 1.807) is 28.6 Å². The SMILES string of the molecule is CCCC1CNCCN1S(=O)(=O)c1cccc(OCC)c1.Cl. The standard InChI is InChI=1S/C15H24N2O3S.ClH/c1-3-6-13-12-16-9-10-17(13)21(18,19)15-8-5-7-14(11-15)20-4-2;/h5,7-8,11,13,16H,3-4,6,9-10,12H2,1-2H3;1H. The van der Waals surface area contributed by atoms with Gasteiger partial charge in [-0.3, -0.25) is 0 Å². The van der Waals surface area contributed by atoms with Gasteiger partial charge in [0, 0.05) is 31.7 Å². The maximum absolute atomic E-state index is 12.9. The summed E-state index contributed by atoms with van der Waals surface area (Å²) in [6, 6.07) is 6.80. The first-order valence-electron chi connectivity index (χ1n) is 7.55. The van der Waals surface area contributed by atoms with Gasteiger partial charge in [0.25, 0.3) is 0 Å². The molecule has 1 atom stereocenters. The molecule has 5 nitrogen and oxygen atoms in total. The molecule has 0 bridgehead atoms. The minimum atomic E-state index is -3.46. The maximum Gasteiger partial charge on any atom is 0.243 e.